The zero-order valence-corrected chi connectivity index (χ0v) is 13.9. The van der Waals surface area contributed by atoms with Crippen LogP contribution in [-0.2, 0) is 13.5 Å². The molecule has 108 valence electrons. The molecule has 20 heavy (non-hydrogen) atoms. The van der Waals surface area contributed by atoms with Gasteiger partial charge in [0.1, 0.15) is 0 Å². The standard InChI is InChI=1S/C14H18BrClN4/c1-3-13-10(8-20(2)19-13)14(7-17)18-9-4-5-11(15)12(16)6-9/h4-6,8,14,18H,3,7,17H2,1-2H3. The zero-order valence-electron chi connectivity index (χ0n) is 11.5. The lowest BCUT2D eigenvalue weighted by atomic mass is 10.1. The number of hydrogen-bond acceptors (Lipinski definition) is 3. The number of hydrogen-bond donors (Lipinski definition) is 2. The molecule has 0 fully saturated rings. The highest BCUT2D eigenvalue weighted by atomic mass is 79.9. The quantitative estimate of drug-likeness (QED) is 0.861. The Kier molecular flexibility index (Phi) is 5.07. The van der Waals surface area contributed by atoms with E-state index in [0.29, 0.717) is 11.6 Å². The molecule has 0 spiro atoms. The highest BCUT2D eigenvalue weighted by Gasteiger charge is 2.16. The maximum absolute atomic E-state index is 6.11. The largest absolute Gasteiger partial charge is 0.377 e. The van der Waals surface area contributed by atoms with E-state index in [0.717, 1.165) is 27.8 Å². The van der Waals surface area contributed by atoms with Gasteiger partial charge >= 0.3 is 0 Å². The van der Waals surface area contributed by atoms with Gasteiger partial charge in [-0.05, 0) is 40.5 Å². The molecule has 6 heteroatoms. The minimum absolute atomic E-state index is 0.0240. The Morgan fingerprint density at radius 2 is 2.25 bits per heavy atom. The lowest BCUT2D eigenvalue weighted by Crippen LogP contribution is -2.21. The van der Waals surface area contributed by atoms with Gasteiger partial charge in [0.15, 0.2) is 0 Å². The van der Waals surface area contributed by atoms with Crippen molar-refractivity contribution < 1.29 is 0 Å². The van der Waals surface area contributed by atoms with E-state index in [-0.39, 0.29) is 6.04 Å². The molecule has 0 amide bonds. The number of aromatic nitrogens is 2. The number of nitrogens with two attached hydrogens (primary N) is 1. The van der Waals surface area contributed by atoms with Crippen molar-refractivity contribution in [3.63, 3.8) is 0 Å². The average Bonchev–Trinajstić information content (AvgIpc) is 2.81. The molecule has 4 nitrogen and oxygen atoms in total. The third kappa shape index (κ3) is 3.34. The Labute approximate surface area is 132 Å². The van der Waals surface area contributed by atoms with E-state index in [9.17, 15) is 0 Å². The van der Waals surface area contributed by atoms with Crippen molar-refractivity contribution in [3.05, 3.63) is 45.1 Å². The van der Waals surface area contributed by atoms with Crippen LogP contribution >= 0.6 is 27.5 Å². The van der Waals surface area contributed by atoms with Gasteiger partial charge in [-0.25, -0.2) is 0 Å². The average molecular weight is 358 g/mol. The molecule has 1 atom stereocenters. The zero-order chi connectivity index (χ0) is 14.7. The minimum atomic E-state index is 0.0240. The van der Waals surface area contributed by atoms with Crippen molar-refractivity contribution in [2.24, 2.45) is 12.8 Å². The van der Waals surface area contributed by atoms with Crippen LogP contribution in [-0.4, -0.2) is 16.3 Å². The fourth-order valence-corrected chi connectivity index (χ4v) is 2.60. The first-order chi connectivity index (χ1) is 9.55. The molecule has 0 saturated heterocycles. The summed E-state index contributed by atoms with van der Waals surface area (Å²) in [7, 11) is 1.92. The Hall–Kier alpha value is -1.04. The lowest BCUT2D eigenvalue weighted by Gasteiger charge is -2.18. The Bertz CT molecular complexity index is 597. The number of nitrogens with zero attached hydrogens (tertiary/aromatic N) is 2. The van der Waals surface area contributed by atoms with Gasteiger partial charge in [0.05, 0.1) is 16.8 Å². The Morgan fingerprint density at radius 3 is 2.85 bits per heavy atom. The summed E-state index contributed by atoms with van der Waals surface area (Å²) >= 11 is 9.50. The minimum Gasteiger partial charge on any atom is -0.377 e. The van der Waals surface area contributed by atoms with Gasteiger partial charge in [0.2, 0.25) is 0 Å². The van der Waals surface area contributed by atoms with Crippen LogP contribution < -0.4 is 11.1 Å². The van der Waals surface area contributed by atoms with Gasteiger partial charge < -0.3 is 11.1 Å². The molecule has 1 aromatic carbocycles. The van der Waals surface area contributed by atoms with E-state index in [4.69, 9.17) is 17.3 Å². The third-order valence-corrected chi connectivity index (χ3v) is 4.38. The molecule has 2 aromatic rings. The first kappa shape index (κ1) is 15.4. The Balaban J connectivity index is 2.26. The number of benzene rings is 1. The van der Waals surface area contributed by atoms with Crippen LogP contribution in [0.2, 0.25) is 5.02 Å². The molecule has 0 bridgehead atoms. The molecule has 1 unspecified atom stereocenters. The fraction of sp³-hybridized carbons (Fsp3) is 0.357. The van der Waals surface area contributed by atoms with Gasteiger partial charge in [0.25, 0.3) is 0 Å². The van der Waals surface area contributed by atoms with Gasteiger partial charge in [-0.3, -0.25) is 4.68 Å². The molecular weight excluding hydrogens is 340 g/mol. The summed E-state index contributed by atoms with van der Waals surface area (Å²) in [6.07, 6.45) is 2.90. The summed E-state index contributed by atoms with van der Waals surface area (Å²) in [6, 6.07) is 5.80. The van der Waals surface area contributed by atoms with Gasteiger partial charge in [-0.2, -0.15) is 5.10 Å². The van der Waals surface area contributed by atoms with Crippen molar-refractivity contribution in [1.82, 2.24) is 9.78 Å². The molecule has 1 aromatic heterocycles. The monoisotopic (exact) mass is 356 g/mol. The van der Waals surface area contributed by atoms with E-state index in [1.807, 2.05) is 36.1 Å². The van der Waals surface area contributed by atoms with Crippen molar-refractivity contribution in [2.75, 3.05) is 11.9 Å². The molecule has 0 aliphatic rings. The topological polar surface area (TPSA) is 55.9 Å². The number of halogens is 2. The molecule has 0 radical (unpaired) electrons. The summed E-state index contributed by atoms with van der Waals surface area (Å²) in [4.78, 5) is 0. The molecule has 2 rings (SSSR count). The highest BCUT2D eigenvalue weighted by Crippen LogP contribution is 2.28. The summed E-state index contributed by atoms with van der Waals surface area (Å²) in [6.45, 7) is 2.59. The van der Waals surface area contributed by atoms with Crippen molar-refractivity contribution in [3.8, 4) is 0 Å². The Morgan fingerprint density at radius 1 is 1.50 bits per heavy atom. The smallest absolute Gasteiger partial charge is 0.0674 e. The van der Waals surface area contributed by atoms with Crippen LogP contribution in [0.1, 0.15) is 24.2 Å². The van der Waals surface area contributed by atoms with Crippen LogP contribution in [0.4, 0.5) is 5.69 Å². The molecule has 0 aliphatic carbocycles. The fourth-order valence-electron chi connectivity index (χ4n) is 2.17. The maximum Gasteiger partial charge on any atom is 0.0674 e. The second-order valence-corrected chi connectivity index (χ2v) is 5.88. The van der Waals surface area contributed by atoms with E-state index in [1.165, 1.54) is 0 Å². The predicted molar refractivity (Wildman–Crippen MR) is 87.2 cm³/mol. The van der Waals surface area contributed by atoms with E-state index >= 15 is 0 Å². The normalized spacial score (nSPS) is 12.4. The molecule has 1 heterocycles. The van der Waals surface area contributed by atoms with E-state index in [1.54, 1.807) is 0 Å². The van der Waals surface area contributed by atoms with Crippen LogP contribution in [0.5, 0.6) is 0 Å². The third-order valence-electron chi connectivity index (χ3n) is 3.14. The summed E-state index contributed by atoms with van der Waals surface area (Å²) in [5.41, 5.74) is 9.06. The molecular formula is C14H18BrClN4. The SMILES string of the molecule is CCc1nn(C)cc1C(CN)Nc1ccc(Br)c(Cl)c1. The second kappa shape index (κ2) is 6.61. The second-order valence-electron chi connectivity index (χ2n) is 4.62. The maximum atomic E-state index is 6.11. The lowest BCUT2D eigenvalue weighted by molar-refractivity contribution is 0.746. The van der Waals surface area contributed by atoms with Gasteiger partial charge in [0, 0.05) is 35.5 Å². The van der Waals surface area contributed by atoms with Gasteiger partial charge in [-0.15, -0.1) is 0 Å². The van der Waals surface area contributed by atoms with Crippen LogP contribution in [0.25, 0.3) is 0 Å². The number of nitrogens with one attached hydrogen (secondary N) is 1. The van der Waals surface area contributed by atoms with Crippen LogP contribution in [0.15, 0.2) is 28.9 Å². The summed E-state index contributed by atoms with van der Waals surface area (Å²) in [5, 5.41) is 8.55. The number of anilines is 1. The molecule has 3 N–H and O–H groups in total. The van der Waals surface area contributed by atoms with Gasteiger partial charge in [-0.1, -0.05) is 18.5 Å². The summed E-state index contributed by atoms with van der Waals surface area (Å²) < 4.78 is 2.71. The van der Waals surface area contributed by atoms with Crippen molar-refractivity contribution in [1.29, 1.82) is 0 Å². The first-order valence-electron chi connectivity index (χ1n) is 6.49. The van der Waals surface area contributed by atoms with Crippen LogP contribution in [0, 0.1) is 0 Å². The molecule has 0 saturated carbocycles. The number of rotatable bonds is 5. The number of aryl methyl sites for hydroxylation is 2. The highest BCUT2D eigenvalue weighted by molar-refractivity contribution is 9.10. The van der Waals surface area contributed by atoms with Crippen LogP contribution in [0.3, 0.4) is 0 Å². The predicted octanol–water partition coefficient (Wildman–Crippen LogP) is 3.51. The summed E-state index contributed by atoms with van der Waals surface area (Å²) in [5.74, 6) is 0. The molecule has 0 aliphatic heterocycles. The van der Waals surface area contributed by atoms with E-state index in [2.05, 4.69) is 33.3 Å². The van der Waals surface area contributed by atoms with Crippen molar-refractivity contribution >= 4 is 33.2 Å². The van der Waals surface area contributed by atoms with E-state index < -0.39 is 0 Å². The van der Waals surface area contributed by atoms with Crippen molar-refractivity contribution in [2.45, 2.75) is 19.4 Å². The first-order valence-corrected chi connectivity index (χ1v) is 7.66.